The lowest BCUT2D eigenvalue weighted by atomic mass is 10.1. The zero-order chi connectivity index (χ0) is 12.4. The molecule has 0 spiro atoms. The minimum absolute atomic E-state index is 0.172. The van der Waals surface area contributed by atoms with Gasteiger partial charge in [0.1, 0.15) is 0 Å². The summed E-state index contributed by atoms with van der Waals surface area (Å²) in [6.07, 6.45) is 11.0. The maximum absolute atomic E-state index is 8.84. The second-order valence-corrected chi connectivity index (χ2v) is 4.45. The summed E-state index contributed by atoms with van der Waals surface area (Å²) in [6.45, 7) is 8.69. The van der Waals surface area contributed by atoms with Crippen LogP contribution in [0, 0.1) is 0 Å². The fourth-order valence-electron chi connectivity index (χ4n) is 1.47. The summed E-state index contributed by atoms with van der Waals surface area (Å²) in [7, 11) is 0. The van der Waals surface area contributed by atoms with Gasteiger partial charge in [-0.15, -0.1) is 0 Å². The molecule has 0 rings (SSSR count). The summed E-state index contributed by atoms with van der Waals surface area (Å²) in [5.74, 6) is 0. The average molecular weight is 222 g/mol. The molecule has 0 saturated carbocycles. The Labute approximate surface area is 101 Å². The molecule has 0 aromatic heterocycles. The van der Waals surface area contributed by atoms with E-state index >= 15 is 0 Å². The third-order valence-corrected chi connectivity index (χ3v) is 2.65. The van der Waals surface area contributed by atoms with E-state index in [9.17, 15) is 0 Å². The zero-order valence-corrected chi connectivity index (χ0v) is 11.2. The minimum Gasteiger partial charge on any atom is -0.392 e. The highest BCUT2D eigenvalue weighted by Crippen LogP contribution is 2.12. The van der Waals surface area contributed by atoms with E-state index in [2.05, 4.69) is 39.0 Å². The average Bonchev–Trinajstić information content (AvgIpc) is 2.26. The molecule has 0 fully saturated rings. The van der Waals surface area contributed by atoms with Crippen LogP contribution in [0.25, 0.3) is 0 Å². The Hall–Kier alpha value is -0.820. The highest BCUT2D eigenvalue weighted by atomic mass is 16.3. The predicted octanol–water partition coefficient (Wildman–Crippen LogP) is 4.40. The summed E-state index contributed by atoms with van der Waals surface area (Å²) in [5.41, 5.74) is 3.97. The van der Waals surface area contributed by atoms with Crippen LogP contribution in [0.4, 0.5) is 0 Å². The van der Waals surface area contributed by atoms with E-state index < -0.39 is 0 Å². The Morgan fingerprint density at radius 2 is 1.38 bits per heavy atom. The first kappa shape index (κ1) is 15.2. The van der Waals surface area contributed by atoms with Crippen LogP contribution in [0.5, 0.6) is 0 Å². The van der Waals surface area contributed by atoms with Crippen LogP contribution in [0.15, 0.2) is 34.9 Å². The molecule has 1 N–H and O–H groups in total. The summed E-state index contributed by atoms with van der Waals surface area (Å²) in [4.78, 5) is 0. The van der Waals surface area contributed by atoms with E-state index in [0.717, 1.165) is 24.8 Å². The van der Waals surface area contributed by atoms with Gasteiger partial charge >= 0.3 is 0 Å². The van der Waals surface area contributed by atoms with Gasteiger partial charge < -0.3 is 5.11 Å². The van der Waals surface area contributed by atoms with E-state index in [-0.39, 0.29) is 6.61 Å². The van der Waals surface area contributed by atoms with Crippen LogP contribution in [0.1, 0.15) is 53.4 Å². The lowest BCUT2D eigenvalue weighted by Gasteiger charge is -2.02. The number of aliphatic hydroxyl groups excluding tert-OH is 1. The first-order valence-corrected chi connectivity index (χ1v) is 6.17. The topological polar surface area (TPSA) is 20.2 Å². The molecular weight excluding hydrogens is 196 g/mol. The monoisotopic (exact) mass is 222 g/mol. The third kappa shape index (κ3) is 8.49. The Balaban J connectivity index is 3.93. The predicted molar refractivity (Wildman–Crippen MR) is 72.5 cm³/mol. The van der Waals surface area contributed by atoms with Gasteiger partial charge in [-0.05, 0) is 46.5 Å². The van der Waals surface area contributed by atoms with E-state index in [1.54, 1.807) is 0 Å². The molecule has 0 amide bonds. The smallest absolute Gasteiger partial charge is 0.0639 e. The van der Waals surface area contributed by atoms with Gasteiger partial charge in [0.05, 0.1) is 6.61 Å². The van der Waals surface area contributed by atoms with Crippen molar-refractivity contribution < 1.29 is 5.11 Å². The fraction of sp³-hybridized carbons (Fsp3) is 0.600. The standard InChI is InChI=1S/C15H26O/c1-5-7-13(2)10-11-14(3)8-6-9-15(4)12-16/h7-9,16H,5-6,10-12H2,1-4H3/b13-7+,14-8+,15-9+. The van der Waals surface area contributed by atoms with Gasteiger partial charge in [-0.2, -0.15) is 0 Å². The highest BCUT2D eigenvalue weighted by molar-refractivity contribution is 5.08. The van der Waals surface area contributed by atoms with Crippen molar-refractivity contribution in [1.82, 2.24) is 0 Å². The minimum atomic E-state index is 0.172. The van der Waals surface area contributed by atoms with Gasteiger partial charge in [-0.3, -0.25) is 0 Å². The van der Waals surface area contributed by atoms with Gasteiger partial charge in [0.15, 0.2) is 0 Å². The second kappa shape index (κ2) is 9.41. The molecule has 0 heterocycles. The van der Waals surface area contributed by atoms with Crippen molar-refractivity contribution >= 4 is 0 Å². The lowest BCUT2D eigenvalue weighted by Crippen LogP contribution is -1.84. The molecule has 0 atom stereocenters. The molecule has 0 aliphatic rings. The van der Waals surface area contributed by atoms with E-state index in [4.69, 9.17) is 5.11 Å². The molecule has 0 saturated heterocycles. The van der Waals surface area contributed by atoms with Gasteiger partial charge in [0.25, 0.3) is 0 Å². The Morgan fingerprint density at radius 3 is 1.88 bits per heavy atom. The van der Waals surface area contributed by atoms with Crippen LogP contribution < -0.4 is 0 Å². The molecule has 92 valence electrons. The van der Waals surface area contributed by atoms with Gasteiger partial charge in [0, 0.05) is 0 Å². The summed E-state index contributed by atoms with van der Waals surface area (Å²) >= 11 is 0. The molecule has 1 nitrogen and oxygen atoms in total. The van der Waals surface area contributed by atoms with Crippen molar-refractivity contribution in [2.24, 2.45) is 0 Å². The molecular formula is C15H26O. The molecule has 0 radical (unpaired) electrons. The maximum Gasteiger partial charge on any atom is 0.0639 e. The van der Waals surface area contributed by atoms with E-state index in [1.165, 1.54) is 17.6 Å². The largest absolute Gasteiger partial charge is 0.392 e. The summed E-state index contributed by atoms with van der Waals surface area (Å²) < 4.78 is 0. The summed E-state index contributed by atoms with van der Waals surface area (Å²) in [6, 6.07) is 0. The first-order chi connectivity index (χ1) is 7.60. The first-order valence-electron chi connectivity index (χ1n) is 6.17. The summed E-state index contributed by atoms with van der Waals surface area (Å²) in [5, 5.41) is 8.84. The van der Waals surface area contributed by atoms with Crippen LogP contribution in [0.2, 0.25) is 0 Å². The van der Waals surface area contributed by atoms with Crippen LogP contribution >= 0.6 is 0 Å². The maximum atomic E-state index is 8.84. The molecule has 0 unspecified atom stereocenters. The Kier molecular flexibility index (Phi) is 8.93. The number of hydrogen-bond donors (Lipinski definition) is 1. The van der Waals surface area contributed by atoms with Crippen molar-refractivity contribution in [3.63, 3.8) is 0 Å². The van der Waals surface area contributed by atoms with E-state index in [1.807, 2.05) is 6.92 Å². The SMILES string of the molecule is CC/C=C(\C)CC/C(C)=C/C/C=C(\C)CO. The number of rotatable bonds is 7. The number of allylic oxidation sites excluding steroid dienone is 5. The van der Waals surface area contributed by atoms with Crippen molar-refractivity contribution in [3.8, 4) is 0 Å². The second-order valence-electron chi connectivity index (χ2n) is 4.45. The molecule has 16 heavy (non-hydrogen) atoms. The van der Waals surface area contributed by atoms with Crippen molar-refractivity contribution in [2.75, 3.05) is 6.61 Å². The quantitative estimate of drug-likeness (QED) is 0.633. The van der Waals surface area contributed by atoms with Crippen LogP contribution in [-0.2, 0) is 0 Å². The third-order valence-electron chi connectivity index (χ3n) is 2.65. The zero-order valence-electron chi connectivity index (χ0n) is 11.2. The van der Waals surface area contributed by atoms with E-state index in [0.29, 0.717) is 0 Å². The molecule has 1 heteroatoms. The van der Waals surface area contributed by atoms with Crippen molar-refractivity contribution in [2.45, 2.75) is 53.4 Å². The van der Waals surface area contributed by atoms with Gasteiger partial charge in [0.2, 0.25) is 0 Å². The molecule has 0 aromatic rings. The van der Waals surface area contributed by atoms with Crippen molar-refractivity contribution in [3.05, 3.63) is 34.9 Å². The highest BCUT2D eigenvalue weighted by Gasteiger charge is 1.92. The van der Waals surface area contributed by atoms with Gasteiger partial charge in [-0.25, -0.2) is 0 Å². The molecule has 0 aromatic carbocycles. The lowest BCUT2D eigenvalue weighted by molar-refractivity contribution is 0.331. The van der Waals surface area contributed by atoms with Gasteiger partial charge in [-0.1, -0.05) is 41.9 Å². The Bertz CT molecular complexity index is 269. The number of aliphatic hydroxyl groups is 1. The Morgan fingerprint density at radius 1 is 0.875 bits per heavy atom. The van der Waals surface area contributed by atoms with Crippen molar-refractivity contribution in [1.29, 1.82) is 0 Å². The number of hydrogen-bond acceptors (Lipinski definition) is 1. The fourth-order valence-corrected chi connectivity index (χ4v) is 1.47. The van der Waals surface area contributed by atoms with Crippen LogP contribution in [0.3, 0.4) is 0 Å². The van der Waals surface area contributed by atoms with Crippen LogP contribution in [-0.4, -0.2) is 11.7 Å². The normalized spacial score (nSPS) is 14.4. The molecule has 0 bridgehead atoms. The molecule has 0 aliphatic heterocycles. The molecule has 0 aliphatic carbocycles.